The molecule has 2 heteroatoms. The first-order chi connectivity index (χ1) is 6.45. The second-order valence-electron chi connectivity index (χ2n) is 3.01. The van der Waals surface area contributed by atoms with Gasteiger partial charge in [0.15, 0.2) is 0 Å². The molecule has 13 heavy (non-hydrogen) atoms. The van der Waals surface area contributed by atoms with Crippen LogP contribution >= 0.6 is 0 Å². The lowest BCUT2D eigenvalue weighted by Gasteiger charge is -2.19. The van der Waals surface area contributed by atoms with E-state index in [4.69, 9.17) is 0 Å². The van der Waals surface area contributed by atoms with Crippen molar-refractivity contribution >= 4 is 12.9 Å². The summed E-state index contributed by atoms with van der Waals surface area (Å²) >= 11 is 0. The van der Waals surface area contributed by atoms with Crippen molar-refractivity contribution in [3.63, 3.8) is 0 Å². The molecule has 1 heterocycles. The van der Waals surface area contributed by atoms with Crippen molar-refractivity contribution in [1.82, 2.24) is 4.81 Å². The topological polar surface area (TPSA) is 3.24 Å². The fraction of sp³-hybridized carbons (Fsp3) is 0.0909. The van der Waals surface area contributed by atoms with Crippen LogP contribution in [-0.2, 0) is 0 Å². The quantitative estimate of drug-likeness (QED) is 0.602. The van der Waals surface area contributed by atoms with Crippen LogP contribution in [0, 0.1) is 0 Å². The fourth-order valence-electron chi connectivity index (χ4n) is 1.31. The molecule has 2 rings (SSSR count). The fourth-order valence-corrected chi connectivity index (χ4v) is 1.31. The minimum absolute atomic E-state index is 0.964. The standard InChI is InChI=1S/C11H11BN/c1-3-7-11(8-4-1)12-13-9-5-2-6-10-13/h1-9H,10H2. The van der Waals surface area contributed by atoms with Crippen LogP contribution in [0.25, 0.3) is 0 Å². The van der Waals surface area contributed by atoms with E-state index >= 15 is 0 Å². The third kappa shape index (κ3) is 2.25. The molecule has 0 saturated carbocycles. The number of benzene rings is 1. The predicted molar refractivity (Wildman–Crippen MR) is 56.8 cm³/mol. The average Bonchev–Trinajstić information content (AvgIpc) is 2.21. The van der Waals surface area contributed by atoms with E-state index in [2.05, 4.69) is 54.8 Å². The molecule has 1 aromatic rings. The van der Waals surface area contributed by atoms with Gasteiger partial charge in [-0.1, -0.05) is 47.9 Å². The summed E-state index contributed by atoms with van der Waals surface area (Å²) in [4.78, 5) is 2.16. The number of rotatable bonds is 2. The molecule has 0 spiro atoms. The van der Waals surface area contributed by atoms with E-state index in [9.17, 15) is 0 Å². The van der Waals surface area contributed by atoms with Crippen molar-refractivity contribution in [2.75, 3.05) is 6.54 Å². The summed E-state index contributed by atoms with van der Waals surface area (Å²) in [6.45, 7) is 0.964. The van der Waals surface area contributed by atoms with Gasteiger partial charge < -0.3 is 4.81 Å². The molecule has 1 aliphatic rings. The molecule has 0 fully saturated rings. The maximum atomic E-state index is 2.16. The summed E-state index contributed by atoms with van der Waals surface area (Å²) < 4.78 is 0. The maximum absolute atomic E-state index is 2.16. The lowest BCUT2D eigenvalue weighted by Crippen LogP contribution is -2.32. The van der Waals surface area contributed by atoms with E-state index in [0.717, 1.165) is 6.54 Å². The molecule has 1 aromatic carbocycles. The number of hydrogen-bond donors (Lipinski definition) is 0. The Balaban J connectivity index is 1.99. The van der Waals surface area contributed by atoms with Gasteiger partial charge in [-0.05, 0) is 12.3 Å². The smallest absolute Gasteiger partial charge is 0.285 e. The molecule has 1 aliphatic heterocycles. The number of nitrogens with zero attached hydrogens (tertiary/aromatic N) is 1. The Morgan fingerprint density at radius 3 is 2.62 bits per heavy atom. The summed E-state index contributed by atoms with van der Waals surface area (Å²) in [5, 5.41) is 0. The summed E-state index contributed by atoms with van der Waals surface area (Å²) in [5.41, 5.74) is 1.24. The summed E-state index contributed by atoms with van der Waals surface area (Å²) in [6, 6.07) is 10.3. The molecule has 0 saturated heterocycles. The van der Waals surface area contributed by atoms with Crippen molar-refractivity contribution in [2.24, 2.45) is 0 Å². The summed E-state index contributed by atoms with van der Waals surface area (Å²) in [6.07, 6.45) is 8.32. The molecular formula is C11H11BN. The second-order valence-corrected chi connectivity index (χ2v) is 3.01. The van der Waals surface area contributed by atoms with E-state index in [1.807, 2.05) is 12.1 Å². The van der Waals surface area contributed by atoms with Gasteiger partial charge in [0.25, 0.3) is 7.41 Å². The monoisotopic (exact) mass is 168 g/mol. The molecule has 0 atom stereocenters. The Morgan fingerprint density at radius 1 is 1.08 bits per heavy atom. The van der Waals surface area contributed by atoms with Crippen LogP contribution in [-0.4, -0.2) is 18.8 Å². The van der Waals surface area contributed by atoms with Gasteiger partial charge in [0.1, 0.15) is 0 Å². The summed E-state index contributed by atoms with van der Waals surface area (Å²) in [7, 11) is 2.14. The van der Waals surface area contributed by atoms with E-state index in [1.54, 1.807) is 0 Å². The second kappa shape index (κ2) is 3.99. The van der Waals surface area contributed by atoms with Crippen LogP contribution in [0.5, 0.6) is 0 Å². The highest BCUT2D eigenvalue weighted by Crippen LogP contribution is 1.95. The largest absolute Gasteiger partial charge is 0.417 e. The first-order valence-corrected chi connectivity index (χ1v) is 4.44. The van der Waals surface area contributed by atoms with Gasteiger partial charge in [-0.25, -0.2) is 0 Å². The van der Waals surface area contributed by atoms with Crippen LogP contribution in [0.3, 0.4) is 0 Å². The van der Waals surface area contributed by atoms with Gasteiger partial charge in [-0.3, -0.25) is 0 Å². The maximum Gasteiger partial charge on any atom is 0.285 e. The Labute approximate surface area is 79.6 Å². The Hall–Kier alpha value is -1.44. The minimum atomic E-state index is 0.964. The molecule has 0 amide bonds. The van der Waals surface area contributed by atoms with Crippen molar-refractivity contribution < 1.29 is 0 Å². The molecule has 0 bridgehead atoms. The van der Waals surface area contributed by atoms with E-state index in [1.165, 1.54) is 5.46 Å². The van der Waals surface area contributed by atoms with Crippen molar-refractivity contribution in [3.05, 3.63) is 54.8 Å². The molecule has 0 unspecified atom stereocenters. The highest BCUT2D eigenvalue weighted by molar-refractivity contribution is 6.50. The lowest BCUT2D eigenvalue weighted by atomic mass is 9.80. The Kier molecular flexibility index (Phi) is 2.51. The van der Waals surface area contributed by atoms with Crippen LogP contribution < -0.4 is 5.46 Å². The molecule has 0 N–H and O–H groups in total. The van der Waals surface area contributed by atoms with Gasteiger partial charge in [0.2, 0.25) is 0 Å². The van der Waals surface area contributed by atoms with Gasteiger partial charge >= 0.3 is 0 Å². The summed E-state index contributed by atoms with van der Waals surface area (Å²) in [5.74, 6) is 0. The third-order valence-corrected chi connectivity index (χ3v) is 1.96. The van der Waals surface area contributed by atoms with Crippen molar-refractivity contribution in [3.8, 4) is 0 Å². The zero-order chi connectivity index (χ0) is 8.93. The highest BCUT2D eigenvalue weighted by Gasteiger charge is 2.02. The molecule has 0 aliphatic carbocycles. The highest BCUT2D eigenvalue weighted by atomic mass is 15.0. The third-order valence-electron chi connectivity index (χ3n) is 1.96. The van der Waals surface area contributed by atoms with Crippen molar-refractivity contribution in [1.29, 1.82) is 0 Å². The molecule has 1 nitrogen and oxygen atoms in total. The van der Waals surface area contributed by atoms with Crippen LogP contribution in [0.1, 0.15) is 0 Å². The van der Waals surface area contributed by atoms with Gasteiger partial charge in [-0.2, -0.15) is 0 Å². The number of allylic oxidation sites excluding steroid dienone is 2. The first kappa shape index (κ1) is 8.18. The molecule has 0 aromatic heterocycles. The average molecular weight is 168 g/mol. The van der Waals surface area contributed by atoms with Crippen LogP contribution in [0.4, 0.5) is 0 Å². The van der Waals surface area contributed by atoms with Crippen LogP contribution in [0.2, 0.25) is 0 Å². The van der Waals surface area contributed by atoms with Gasteiger partial charge in [0.05, 0.1) is 0 Å². The molecule has 1 radical (unpaired) electrons. The zero-order valence-electron chi connectivity index (χ0n) is 7.43. The van der Waals surface area contributed by atoms with E-state index < -0.39 is 0 Å². The minimum Gasteiger partial charge on any atom is -0.417 e. The Morgan fingerprint density at radius 2 is 1.92 bits per heavy atom. The zero-order valence-corrected chi connectivity index (χ0v) is 7.43. The normalized spacial score (nSPS) is 14.6. The van der Waals surface area contributed by atoms with Gasteiger partial charge in [0, 0.05) is 6.54 Å². The molecular weight excluding hydrogens is 157 g/mol. The predicted octanol–water partition coefficient (Wildman–Crippen LogP) is 1.32. The van der Waals surface area contributed by atoms with Crippen molar-refractivity contribution in [2.45, 2.75) is 0 Å². The van der Waals surface area contributed by atoms with E-state index in [0.29, 0.717) is 0 Å². The van der Waals surface area contributed by atoms with Gasteiger partial charge in [-0.15, -0.1) is 0 Å². The van der Waals surface area contributed by atoms with E-state index in [-0.39, 0.29) is 0 Å². The lowest BCUT2D eigenvalue weighted by molar-refractivity contribution is 0.659. The van der Waals surface area contributed by atoms with Crippen LogP contribution in [0.15, 0.2) is 54.8 Å². The number of hydrogen-bond acceptors (Lipinski definition) is 1. The molecule has 63 valence electrons. The SMILES string of the molecule is [B](c1ccccc1)N1C=CC=CC1. The first-order valence-electron chi connectivity index (χ1n) is 4.44. The Bertz CT molecular complexity index is 316.